The summed E-state index contributed by atoms with van der Waals surface area (Å²) in [6, 6.07) is 4.40. The molecule has 0 atom stereocenters. The molecule has 1 rings (SSSR count). The second kappa shape index (κ2) is 6.06. The van der Waals surface area contributed by atoms with E-state index < -0.39 is 15.8 Å². The second-order valence-electron chi connectivity index (χ2n) is 3.91. The minimum absolute atomic E-state index is 0.0585. The fourth-order valence-corrected chi connectivity index (χ4v) is 2.25. The van der Waals surface area contributed by atoms with Crippen LogP contribution in [0.15, 0.2) is 18.2 Å². The van der Waals surface area contributed by atoms with E-state index in [1.54, 1.807) is 0 Å². The van der Waals surface area contributed by atoms with Crippen LogP contribution in [-0.4, -0.2) is 38.0 Å². The van der Waals surface area contributed by atoms with Crippen LogP contribution in [0.2, 0.25) is 5.02 Å². The van der Waals surface area contributed by atoms with Gasteiger partial charge in [0.25, 0.3) is 0 Å². The fourth-order valence-electron chi connectivity index (χ4n) is 1.41. The summed E-state index contributed by atoms with van der Waals surface area (Å²) in [6.45, 7) is 0.369. The molecular formula is C11H14ClNO4S. The van der Waals surface area contributed by atoms with Gasteiger partial charge in [0, 0.05) is 17.8 Å². The topological polar surface area (TPSA) is 83.5 Å². The molecule has 0 aliphatic carbocycles. The predicted octanol–water partition coefficient (Wildman–Crippen LogP) is 1.88. The molecule has 0 saturated carbocycles. The van der Waals surface area contributed by atoms with Crippen molar-refractivity contribution >= 4 is 33.1 Å². The summed E-state index contributed by atoms with van der Waals surface area (Å²) in [5, 5.41) is 12.3. The highest BCUT2D eigenvalue weighted by atomic mass is 35.5. The number of rotatable bonds is 6. The van der Waals surface area contributed by atoms with Gasteiger partial charge in [0.05, 0.1) is 17.0 Å². The highest BCUT2D eigenvalue weighted by molar-refractivity contribution is 7.90. The molecule has 2 N–H and O–H groups in total. The number of aromatic carboxylic acids is 1. The number of anilines is 1. The molecule has 0 spiro atoms. The van der Waals surface area contributed by atoms with Gasteiger partial charge >= 0.3 is 5.97 Å². The molecule has 1 aromatic rings. The maximum atomic E-state index is 10.9. The number of carboxylic acid groups (broad SMARTS) is 1. The molecule has 100 valence electrons. The van der Waals surface area contributed by atoms with E-state index >= 15 is 0 Å². The molecule has 0 radical (unpaired) electrons. The Morgan fingerprint density at radius 1 is 1.44 bits per heavy atom. The summed E-state index contributed by atoms with van der Waals surface area (Å²) in [7, 11) is -3.00. The van der Waals surface area contributed by atoms with Crippen molar-refractivity contribution in [3.05, 3.63) is 28.8 Å². The summed E-state index contributed by atoms with van der Waals surface area (Å²) >= 11 is 5.78. The fraction of sp³-hybridized carbons (Fsp3) is 0.364. The van der Waals surface area contributed by atoms with E-state index in [4.69, 9.17) is 16.7 Å². The van der Waals surface area contributed by atoms with Crippen molar-refractivity contribution in [3.8, 4) is 0 Å². The Labute approximate surface area is 111 Å². The van der Waals surface area contributed by atoms with E-state index in [0.29, 0.717) is 23.7 Å². The van der Waals surface area contributed by atoms with Crippen molar-refractivity contribution in [1.82, 2.24) is 0 Å². The van der Waals surface area contributed by atoms with E-state index in [9.17, 15) is 13.2 Å². The third-order valence-electron chi connectivity index (χ3n) is 2.22. The molecule has 0 amide bonds. The number of sulfone groups is 1. The van der Waals surface area contributed by atoms with Gasteiger partial charge in [0.15, 0.2) is 0 Å². The third-order valence-corrected chi connectivity index (χ3v) is 3.48. The first kappa shape index (κ1) is 14.8. The van der Waals surface area contributed by atoms with Gasteiger partial charge in [-0.05, 0) is 24.6 Å². The Balaban J connectivity index is 2.66. The van der Waals surface area contributed by atoms with Crippen LogP contribution >= 0.6 is 11.6 Å². The lowest BCUT2D eigenvalue weighted by Crippen LogP contribution is -2.12. The number of carboxylic acids is 1. The Bertz CT molecular complexity index is 542. The lowest BCUT2D eigenvalue weighted by Gasteiger charge is -2.09. The molecule has 7 heteroatoms. The van der Waals surface area contributed by atoms with E-state index in [0.717, 1.165) is 6.26 Å². The minimum atomic E-state index is -3.00. The summed E-state index contributed by atoms with van der Waals surface area (Å²) < 4.78 is 21.9. The Morgan fingerprint density at radius 2 is 2.11 bits per heavy atom. The number of hydrogen-bond donors (Lipinski definition) is 2. The first-order chi connectivity index (χ1) is 8.29. The molecule has 0 aliphatic heterocycles. The van der Waals surface area contributed by atoms with Gasteiger partial charge in [-0.15, -0.1) is 0 Å². The molecule has 0 unspecified atom stereocenters. The molecule has 0 aromatic heterocycles. The monoisotopic (exact) mass is 291 g/mol. The van der Waals surface area contributed by atoms with E-state index in [-0.39, 0.29) is 11.3 Å². The Morgan fingerprint density at radius 3 is 2.67 bits per heavy atom. The average molecular weight is 292 g/mol. The molecule has 0 heterocycles. The lowest BCUT2D eigenvalue weighted by atomic mass is 10.2. The van der Waals surface area contributed by atoms with Gasteiger partial charge < -0.3 is 10.4 Å². The highest BCUT2D eigenvalue weighted by Gasteiger charge is 2.10. The summed E-state index contributed by atoms with van der Waals surface area (Å²) in [4.78, 5) is 10.9. The Kier molecular flexibility index (Phi) is 4.98. The van der Waals surface area contributed by atoms with Crippen molar-refractivity contribution in [2.45, 2.75) is 6.42 Å². The molecule has 0 aliphatic rings. The number of carbonyl (C=O) groups is 1. The van der Waals surface area contributed by atoms with Crippen molar-refractivity contribution in [2.24, 2.45) is 0 Å². The zero-order valence-electron chi connectivity index (χ0n) is 9.81. The number of nitrogens with one attached hydrogen (secondary N) is 1. The van der Waals surface area contributed by atoms with Gasteiger partial charge in [-0.2, -0.15) is 0 Å². The van der Waals surface area contributed by atoms with Crippen LogP contribution in [0, 0.1) is 0 Å². The van der Waals surface area contributed by atoms with E-state index in [1.807, 2.05) is 0 Å². The zero-order valence-corrected chi connectivity index (χ0v) is 11.4. The summed E-state index contributed by atoms with van der Waals surface area (Å²) in [5.41, 5.74) is 0.502. The van der Waals surface area contributed by atoms with Crippen molar-refractivity contribution in [3.63, 3.8) is 0 Å². The smallest absolute Gasteiger partial charge is 0.337 e. The van der Waals surface area contributed by atoms with Crippen LogP contribution in [-0.2, 0) is 9.84 Å². The molecule has 0 bridgehead atoms. The van der Waals surface area contributed by atoms with Crippen LogP contribution in [0.1, 0.15) is 16.8 Å². The number of hydrogen-bond acceptors (Lipinski definition) is 4. The highest BCUT2D eigenvalue weighted by Crippen LogP contribution is 2.21. The first-order valence-electron chi connectivity index (χ1n) is 5.24. The molecule has 1 aromatic carbocycles. The van der Waals surface area contributed by atoms with Gasteiger partial charge in [0.1, 0.15) is 9.84 Å². The van der Waals surface area contributed by atoms with E-state index in [2.05, 4.69) is 5.32 Å². The minimum Gasteiger partial charge on any atom is -0.478 e. The van der Waals surface area contributed by atoms with Gasteiger partial charge in [-0.25, -0.2) is 13.2 Å². The molecule has 18 heavy (non-hydrogen) atoms. The molecule has 0 saturated heterocycles. The van der Waals surface area contributed by atoms with Crippen molar-refractivity contribution in [1.29, 1.82) is 0 Å². The van der Waals surface area contributed by atoms with Crippen molar-refractivity contribution < 1.29 is 18.3 Å². The molecule has 5 nitrogen and oxygen atoms in total. The van der Waals surface area contributed by atoms with E-state index in [1.165, 1.54) is 18.2 Å². The summed E-state index contributed by atoms with van der Waals surface area (Å²) in [6.07, 6.45) is 1.57. The SMILES string of the molecule is CS(=O)(=O)CCCNc1cc(Cl)ccc1C(=O)O. The predicted molar refractivity (Wildman–Crippen MR) is 71.2 cm³/mol. The molecular weight excluding hydrogens is 278 g/mol. The van der Waals surface area contributed by atoms with Crippen LogP contribution in [0.3, 0.4) is 0 Å². The lowest BCUT2D eigenvalue weighted by molar-refractivity contribution is 0.0698. The van der Waals surface area contributed by atoms with Crippen LogP contribution in [0.4, 0.5) is 5.69 Å². The van der Waals surface area contributed by atoms with Gasteiger partial charge in [0.2, 0.25) is 0 Å². The number of benzene rings is 1. The average Bonchev–Trinajstić information content (AvgIpc) is 2.22. The van der Waals surface area contributed by atoms with Crippen LogP contribution in [0.5, 0.6) is 0 Å². The maximum Gasteiger partial charge on any atom is 0.337 e. The number of halogens is 1. The Hall–Kier alpha value is -1.27. The van der Waals surface area contributed by atoms with Gasteiger partial charge in [-0.1, -0.05) is 11.6 Å². The largest absolute Gasteiger partial charge is 0.478 e. The third kappa shape index (κ3) is 4.93. The standard InChI is InChI=1S/C11H14ClNO4S/c1-18(16,17)6-2-5-13-10-7-8(12)3-4-9(10)11(14)15/h3-4,7,13H,2,5-6H2,1H3,(H,14,15). The second-order valence-corrected chi connectivity index (χ2v) is 6.60. The van der Waals surface area contributed by atoms with Crippen molar-refractivity contribution in [2.75, 3.05) is 23.9 Å². The summed E-state index contributed by atoms with van der Waals surface area (Å²) in [5.74, 6) is -1.000. The van der Waals surface area contributed by atoms with Gasteiger partial charge in [-0.3, -0.25) is 0 Å². The first-order valence-corrected chi connectivity index (χ1v) is 7.68. The van der Waals surface area contributed by atoms with Crippen LogP contribution in [0.25, 0.3) is 0 Å². The maximum absolute atomic E-state index is 10.9. The van der Waals surface area contributed by atoms with Crippen LogP contribution < -0.4 is 5.32 Å². The normalized spacial score (nSPS) is 11.2. The zero-order chi connectivity index (χ0) is 13.8. The molecule has 0 fully saturated rings. The quantitative estimate of drug-likeness (QED) is 0.782.